The molecule has 0 unspecified atom stereocenters. The van der Waals surface area contributed by atoms with Crippen molar-refractivity contribution in [3.8, 4) is 5.75 Å². The maximum Gasteiger partial charge on any atom is 0.326 e. The second-order valence-corrected chi connectivity index (χ2v) is 7.12. The Bertz CT molecular complexity index is 1030. The third-order valence-corrected chi connectivity index (χ3v) is 4.73. The highest BCUT2D eigenvalue weighted by Gasteiger charge is 2.16. The summed E-state index contributed by atoms with van der Waals surface area (Å²) in [5.74, 6) is -0.0285. The topological polar surface area (TPSA) is 79.9 Å². The first-order valence-electron chi connectivity index (χ1n) is 10.4. The predicted molar refractivity (Wildman–Crippen MR) is 125 cm³/mol. The van der Waals surface area contributed by atoms with Gasteiger partial charge in [-0.15, -0.1) is 0 Å². The molecule has 33 heavy (non-hydrogen) atoms. The van der Waals surface area contributed by atoms with Gasteiger partial charge in [-0.3, -0.25) is 9.69 Å². The van der Waals surface area contributed by atoms with Crippen LogP contribution < -0.4 is 20.3 Å². The van der Waals surface area contributed by atoms with Crippen LogP contribution in [0.2, 0.25) is 0 Å². The second kappa shape index (κ2) is 12.2. The minimum absolute atomic E-state index is 0.0938. The first kappa shape index (κ1) is 23.7. The summed E-state index contributed by atoms with van der Waals surface area (Å²) >= 11 is 0. The Morgan fingerprint density at radius 2 is 1.64 bits per heavy atom. The van der Waals surface area contributed by atoms with Crippen molar-refractivity contribution >= 4 is 23.3 Å². The van der Waals surface area contributed by atoms with Crippen LogP contribution in [-0.2, 0) is 16.1 Å². The molecule has 172 valence electrons. The van der Waals surface area contributed by atoms with Crippen LogP contribution in [0.25, 0.3) is 0 Å². The molecule has 0 aliphatic carbocycles. The van der Waals surface area contributed by atoms with Crippen molar-refractivity contribution in [2.45, 2.75) is 6.61 Å². The van der Waals surface area contributed by atoms with Gasteiger partial charge in [0.25, 0.3) is 0 Å². The van der Waals surface area contributed by atoms with Gasteiger partial charge in [0.2, 0.25) is 5.91 Å². The van der Waals surface area contributed by atoms with Crippen LogP contribution in [0, 0.1) is 5.82 Å². The van der Waals surface area contributed by atoms with Crippen LogP contribution in [-0.4, -0.2) is 38.7 Å². The lowest BCUT2D eigenvalue weighted by Crippen LogP contribution is -2.41. The summed E-state index contributed by atoms with van der Waals surface area (Å²) in [6, 6.07) is 21.6. The zero-order valence-electron chi connectivity index (χ0n) is 18.3. The first-order chi connectivity index (χ1) is 16.0. The molecule has 0 aliphatic rings. The van der Waals surface area contributed by atoms with E-state index in [1.54, 1.807) is 31.4 Å². The normalized spacial score (nSPS) is 10.4. The molecule has 0 heterocycles. The molecule has 3 aromatic carbocycles. The van der Waals surface area contributed by atoms with Crippen molar-refractivity contribution in [2.24, 2.45) is 0 Å². The second-order valence-electron chi connectivity index (χ2n) is 7.12. The Morgan fingerprint density at radius 3 is 2.30 bits per heavy atom. The molecule has 0 radical (unpaired) electrons. The maximum absolute atomic E-state index is 13.4. The summed E-state index contributed by atoms with van der Waals surface area (Å²) in [6.07, 6.45) is 0. The fourth-order valence-electron chi connectivity index (χ4n) is 3.03. The molecule has 7 nitrogen and oxygen atoms in total. The molecule has 0 fully saturated rings. The lowest BCUT2D eigenvalue weighted by Gasteiger charge is -2.23. The number of carbonyl (C=O) groups excluding carboxylic acids is 2. The van der Waals surface area contributed by atoms with E-state index in [9.17, 15) is 14.0 Å². The zero-order valence-corrected chi connectivity index (χ0v) is 18.3. The average molecular weight is 451 g/mol. The number of nitrogens with zero attached hydrogens (tertiary/aromatic N) is 1. The number of urea groups is 1. The lowest BCUT2D eigenvalue weighted by molar-refractivity contribution is -0.126. The van der Waals surface area contributed by atoms with E-state index in [4.69, 9.17) is 9.47 Å². The number of anilines is 2. The number of rotatable bonds is 10. The molecule has 0 spiro atoms. The third kappa shape index (κ3) is 7.62. The van der Waals surface area contributed by atoms with E-state index in [0.717, 1.165) is 5.56 Å². The van der Waals surface area contributed by atoms with Crippen molar-refractivity contribution in [2.75, 3.05) is 37.0 Å². The number of amides is 3. The Labute approximate surface area is 192 Å². The summed E-state index contributed by atoms with van der Waals surface area (Å²) < 4.78 is 23.9. The highest BCUT2D eigenvalue weighted by molar-refractivity contribution is 6.01. The van der Waals surface area contributed by atoms with E-state index >= 15 is 0 Å². The van der Waals surface area contributed by atoms with Crippen LogP contribution in [0.3, 0.4) is 0 Å². The van der Waals surface area contributed by atoms with Crippen molar-refractivity contribution in [1.82, 2.24) is 5.32 Å². The highest BCUT2D eigenvalue weighted by atomic mass is 19.1. The summed E-state index contributed by atoms with van der Waals surface area (Å²) in [7, 11) is 1.56. The molecular formula is C25H26FN3O4. The zero-order chi connectivity index (χ0) is 23.5. The van der Waals surface area contributed by atoms with Gasteiger partial charge >= 0.3 is 6.03 Å². The average Bonchev–Trinajstić information content (AvgIpc) is 2.84. The molecule has 0 saturated heterocycles. The molecule has 3 amide bonds. The van der Waals surface area contributed by atoms with Crippen LogP contribution in [0.1, 0.15) is 5.56 Å². The number of carbonyl (C=O) groups is 2. The Hall–Kier alpha value is -3.91. The van der Waals surface area contributed by atoms with Gasteiger partial charge < -0.3 is 20.1 Å². The van der Waals surface area contributed by atoms with Gasteiger partial charge in [-0.2, -0.15) is 0 Å². The lowest BCUT2D eigenvalue weighted by atomic mass is 10.2. The molecule has 8 heteroatoms. The largest absolute Gasteiger partial charge is 0.497 e. The maximum atomic E-state index is 13.4. The standard InChI is InChI=1S/C25H26FN3O4/c1-32-23-13-9-21(10-14-23)28-25(31)29(22-11-7-20(26)8-12-22)16-15-27-24(30)18-33-17-19-5-3-2-4-6-19/h2-14H,15-18H2,1H3,(H,27,30)(H,28,31). The van der Waals surface area contributed by atoms with Crippen molar-refractivity contribution in [3.63, 3.8) is 0 Å². The van der Waals surface area contributed by atoms with Gasteiger partial charge in [0.05, 0.1) is 13.7 Å². The summed E-state index contributed by atoms with van der Waals surface area (Å²) in [4.78, 5) is 26.4. The minimum atomic E-state index is -0.415. The van der Waals surface area contributed by atoms with E-state index in [0.29, 0.717) is 23.7 Å². The van der Waals surface area contributed by atoms with Gasteiger partial charge in [-0.25, -0.2) is 9.18 Å². The smallest absolute Gasteiger partial charge is 0.326 e. The summed E-state index contributed by atoms with van der Waals surface area (Å²) in [6.45, 7) is 0.614. The van der Waals surface area contributed by atoms with Gasteiger partial charge in [-0.1, -0.05) is 30.3 Å². The van der Waals surface area contributed by atoms with E-state index in [-0.39, 0.29) is 25.6 Å². The number of nitrogens with one attached hydrogen (secondary N) is 2. The Kier molecular flexibility index (Phi) is 8.79. The third-order valence-electron chi connectivity index (χ3n) is 4.73. The number of hydrogen-bond donors (Lipinski definition) is 2. The van der Waals surface area contributed by atoms with Gasteiger partial charge in [0.15, 0.2) is 0 Å². The quantitative estimate of drug-likeness (QED) is 0.484. The van der Waals surface area contributed by atoms with Crippen LogP contribution in [0.15, 0.2) is 78.9 Å². The molecule has 2 N–H and O–H groups in total. The van der Waals surface area contributed by atoms with E-state index < -0.39 is 11.8 Å². The number of ether oxygens (including phenoxy) is 2. The fraction of sp³-hybridized carbons (Fsp3) is 0.200. The van der Waals surface area contributed by atoms with E-state index in [1.807, 2.05) is 30.3 Å². The number of benzene rings is 3. The molecule has 0 saturated carbocycles. The van der Waals surface area contributed by atoms with Crippen molar-refractivity contribution < 1.29 is 23.5 Å². The SMILES string of the molecule is COc1ccc(NC(=O)N(CCNC(=O)COCc2ccccc2)c2ccc(F)cc2)cc1. The molecule has 0 bridgehead atoms. The monoisotopic (exact) mass is 451 g/mol. The Morgan fingerprint density at radius 1 is 0.939 bits per heavy atom. The molecular weight excluding hydrogens is 425 g/mol. The molecule has 0 aliphatic heterocycles. The van der Waals surface area contributed by atoms with Crippen LogP contribution in [0.4, 0.5) is 20.6 Å². The van der Waals surface area contributed by atoms with Crippen molar-refractivity contribution in [3.05, 3.63) is 90.2 Å². The van der Waals surface area contributed by atoms with Crippen LogP contribution >= 0.6 is 0 Å². The van der Waals surface area contributed by atoms with Gasteiger partial charge in [0.1, 0.15) is 18.2 Å². The summed E-state index contributed by atoms with van der Waals surface area (Å²) in [5, 5.41) is 5.54. The van der Waals surface area contributed by atoms with Crippen LogP contribution in [0.5, 0.6) is 5.75 Å². The number of hydrogen-bond acceptors (Lipinski definition) is 4. The Balaban J connectivity index is 1.54. The molecule has 3 rings (SSSR count). The first-order valence-corrected chi connectivity index (χ1v) is 10.4. The highest BCUT2D eigenvalue weighted by Crippen LogP contribution is 2.19. The molecule has 0 aromatic heterocycles. The number of halogens is 1. The fourth-order valence-corrected chi connectivity index (χ4v) is 3.03. The molecule has 3 aromatic rings. The predicted octanol–water partition coefficient (Wildman–Crippen LogP) is 4.21. The van der Waals surface area contributed by atoms with Crippen molar-refractivity contribution in [1.29, 1.82) is 0 Å². The van der Waals surface area contributed by atoms with E-state index in [2.05, 4.69) is 10.6 Å². The van der Waals surface area contributed by atoms with Gasteiger partial charge in [0, 0.05) is 24.5 Å². The van der Waals surface area contributed by atoms with Gasteiger partial charge in [-0.05, 0) is 54.1 Å². The summed E-state index contributed by atoms with van der Waals surface area (Å²) in [5.41, 5.74) is 2.05. The number of methoxy groups -OCH3 is 1. The molecule has 0 atom stereocenters. The minimum Gasteiger partial charge on any atom is -0.497 e. The van der Waals surface area contributed by atoms with E-state index in [1.165, 1.54) is 29.2 Å².